The smallest absolute Gasteiger partial charge is 0.196 e. The molecule has 130 valence electrons. The number of ketones is 1. The van der Waals surface area contributed by atoms with Gasteiger partial charge in [0, 0.05) is 5.57 Å². The Balaban J connectivity index is 1.97. The van der Waals surface area contributed by atoms with Gasteiger partial charge >= 0.3 is 0 Å². The Bertz CT molecular complexity index is 826. The first-order valence-electron chi connectivity index (χ1n) is 8.20. The van der Waals surface area contributed by atoms with Gasteiger partial charge < -0.3 is 14.2 Å². The van der Waals surface area contributed by atoms with Gasteiger partial charge in [-0.05, 0) is 65.7 Å². The lowest BCUT2D eigenvalue weighted by molar-refractivity contribution is 0.100. The summed E-state index contributed by atoms with van der Waals surface area (Å²) >= 11 is 3.52. The number of carbonyl (C=O) groups excluding carboxylic acids is 1. The van der Waals surface area contributed by atoms with Crippen LogP contribution in [0.4, 0.5) is 0 Å². The van der Waals surface area contributed by atoms with Crippen LogP contribution in [0.15, 0.2) is 46.4 Å². The van der Waals surface area contributed by atoms with Gasteiger partial charge in [0.05, 0.1) is 23.2 Å². The number of benzene rings is 2. The summed E-state index contributed by atoms with van der Waals surface area (Å²) in [7, 11) is 0. The maximum atomic E-state index is 12.7. The Kier molecular flexibility index (Phi) is 5.43. The molecule has 0 radical (unpaired) electrons. The third-order valence-corrected chi connectivity index (χ3v) is 4.36. The van der Waals surface area contributed by atoms with Gasteiger partial charge in [0.15, 0.2) is 17.3 Å². The van der Waals surface area contributed by atoms with E-state index in [4.69, 9.17) is 14.2 Å². The summed E-state index contributed by atoms with van der Waals surface area (Å²) in [6.07, 6.45) is 1.83. The number of carbonyl (C=O) groups is 1. The molecule has 2 aromatic rings. The maximum absolute atomic E-state index is 12.7. The highest BCUT2D eigenvalue weighted by molar-refractivity contribution is 9.10. The normalized spacial score (nSPS) is 14.8. The third-order valence-electron chi connectivity index (χ3n) is 3.77. The number of para-hydroxylation sites is 1. The van der Waals surface area contributed by atoms with Crippen LogP contribution in [0.3, 0.4) is 0 Å². The second-order valence-electron chi connectivity index (χ2n) is 5.48. The van der Waals surface area contributed by atoms with Crippen molar-refractivity contribution in [3.05, 3.63) is 57.6 Å². The molecule has 0 amide bonds. The van der Waals surface area contributed by atoms with Crippen LogP contribution in [-0.4, -0.2) is 25.6 Å². The minimum absolute atomic E-state index is 0.00943. The fourth-order valence-electron chi connectivity index (χ4n) is 2.70. The Hall–Kier alpha value is -2.27. The van der Waals surface area contributed by atoms with Gasteiger partial charge in [-0.1, -0.05) is 12.1 Å². The molecule has 4 nitrogen and oxygen atoms in total. The second kappa shape index (κ2) is 7.74. The monoisotopic (exact) mass is 402 g/mol. The molecule has 0 atom stereocenters. The molecule has 25 heavy (non-hydrogen) atoms. The zero-order valence-corrected chi connectivity index (χ0v) is 15.8. The van der Waals surface area contributed by atoms with Crippen molar-refractivity contribution in [1.82, 2.24) is 0 Å². The lowest BCUT2D eigenvalue weighted by Gasteiger charge is -2.19. The van der Waals surface area contributed by atoms with Gasteiger partial charge in [-0.15, -0.1) is 0 Å². The van der Waals surface area contributed by atoms with Gasteiger partial charge in [-0.2, -0.15) is 0 Å². The van der Waals surface area contributed by atoms with Crippen LogP contribution >= 0.6 is 15.9 Å². The average molecular weight is 403 g/mol. The fraction of sp³-hybridized carbons (Fsp3) is 0.250. The first-order chi connectivity index (χ1) is 12.1. The Morgan fingerprint density at radius 2 is 1.92 bits per heavy atom. The molecule has 1 heterocycles. The Morgan fingerprint density at radius 3 is 2.68 bits per heavy atom. The fourth-order valence-corrected chi connectivity index (χ4v) is 3.28. The SMILES string of the molecule is CCOc1cc(/C=C2/COc3ccccc3C2=O)cc(Br)c1OCC. The van der Waals surface area contributed by atoms with Gasteiger partial charge in [0.1, 0.15) is 12.4 Å². The van der Waals surface area contributed by atoms with E-state index in [-0.39, 0.29) is 12.4 Å². The van der Waals surface area contributed by atoms with Crippen LogP contribution in [0.5, 0.6) is 17.2 Å². The molecule has 2 aromatic carbocycles. The molecule has 3 rings (SSSR count). The van der Waals surface area contributed by atoms with Crippen molar-refractivity contribution in [2.24, 2.45) is 0 Å². The number of halogens is 1. The van der Waals surface area contributed by atoms with E-state index in [0.29, 0.717) is 41.6 Å². The minimum atomic E-state index is -0.00943. The van der Waals surface area contributed by atoms with Crippen molar-refractivity contribution in [3.63, 3.8) is 0 Å². The highest BCUT2D eigenvalue weighted by Crippen LogP contribution is 2.38. The van der Waals surface area contributed by atoms with Crippen molar-refractivity contribution in [3.8, 4) is 17.2 Å². The van der Waals surface area contributed by atoms with E-state index < -0.39 is 0 Å². The van der Waals surface area contributed by atoms with E-state index >= 15 is 0 Å². The summed E-state index contributed by atoms with van der Waals surface area (Å²) in [4.78, 5) is 12.7. The van der Waals surface area contributed by atoms with Crippen LogP contribution in [0.25, 0.3) is 6.08 Å². The zero-order chi connectivity index (χ0) is 17.8. The van der Waals surface area contributed by atoms with Crippen molar-refractivity contribution >= 4 is 27.8 Å². The third kappa shape index (κ3) is 3.71. The predicted octanol–water partition coefficient (Wildman–Crippen LogP) is 4.91. The van der Waals surface area contributed by atoms with Crippen molar-refractivity contribution < 1.29 is 19.0 Å². The molecule has 0 saturated heterocycles. The highest BCUT2D eigenvalue weighted by Gasteiger charge is 2.23. The topological polar surface area (TPSA) is 44.8 Å². The summed E-state index contributed by atoms with van der Waals surface area (Å²) in [6.45, 7) is 5.17. The summed E-state index contributed by atoms with van der Waals surface area (Å²) in [6, 6.07) is 11.1. The molecule has 0 fully saturated rings. The summed E-state index contributed by atoms with van der Waals surface area (Å²) in [5, 5.41) is 0. The molecule has 0 saturated carbocycles. The molecule has 0 N–H and O–H groups in total. The molecular weight excluding hydrogens is 384 g/mol. The molecule has 0 aromatic heterocycles. The van der Waals surface area contributed by atoms with Crippen molar-refractivity contribution in [1.29, 1.82) is 0 Å². The largest absolute Gasteiger partial charge is 0.490 e. The van der Waals surface area contributed by atoms with Gasteiger partial charge in [0.25, 0.3) is 0 Å². The molecule has 0 aliphatic carbocycles. The standard InChI is InChI=1S/C20H19BrO4/c1-3-23-18-11-13(10-16(21)20(18)24-4-2)9-14-12-25-17-8-6-5-7-15(17)19(14)22/h5-11H,3-4,12H2,1-2H3/b14-9-. The molecule has 1 aliphatic rings. The first-order valence-corrected chi connectivity index (χ1v) is 8.99. The number of fused-ring (bicyclic) bond motifs is 1. The van der Waals surface area contributed by atoms with Crippen molar-refractivity contribution in [2.45, 2.75) is 13.8 Å². The van der Waals surface area contributed by atoms with Crippen LogP contribution in [0, 0.1) is 0 Å². The maximum Gasteiger partial charge on any atom is 0.196 e. The first kappa shape index (κ1) is 17.5. The Morgan fingerprint density at radius 1 is 1.16 bits per heavy atom. The van der Waals surface area contributed by atoms with E-state index in [1.807, 2.05) is 50.3 Å². The van der Waals surface area contributed by atoms with Crippen LogP contribution in [0.2, 0.25) is 0 Å². The number of Topliss-reactive ketones (excluding diaryl/α,β-unsaturated/α-hetero) is 1. The molecular formula is C20H19BrO4. The molecule has 0 spiro atoms. The van der Waals surface area contributed by atoms with Gasteiger partial charge in [-0.3, -0.25) is 4.79 Å². The second-order valence-corrected chi connectivity index (χ2v) is 6.33. The van der Waals surface area contributed by atoms with E-state index in [1.165, 1.54) is 0 Å². The van der Waals surface area contributed by atoms with Crippen LogP contribution in [0.1, 0.15) is 29.8 Å². The zero-order valence-electron chi connectivity index (χ0n) is 14.2. The number of hydrogen-bond acceptors (Lipinski definition) is 4. The van der Waals surface area contributed by atoms with Gasteiger partial charge in [0.2, 0.25) is 0 Å². The van der Waals surface area contributed by atoms with E-state index in [1.54, 1.807) is 6.07 Å². The van der Waals surface area contributed by atoms with Crippen molar-refractivity contribution in [2.75, 3.05) is 19.8 Å². The highest BCUT2D eigenvalue weighted by atomic mass is 79.9. The quantitative estimate of drug-likeness (QED) is 0.666. The summed E-state index contributed by atoms with van der Waals surface area (Å²) < 4.78 is 17.8. The Labute approximate surface area is 155 Å². The number of rotatable bonds is 5. The van der Waals surface area contributed by atoms with Crippen LogP contribution < -0.4 is 14.2 Å². The average Bonchev–Trinajstić information content (AvgIpc) is 2.61. The van der Waals surface area contributed by atoms with E-state index in [2.05, 4.69) is 15.9 Å². The summed E-state index contributed by atoms with van der Waals surface area (Å²) in [5.41, 5.74) is 2.05. The summed E-state index contributed by atoms with van der Waals surface area (Å²) in [5.74, 6) is 1.94. The lowest BCUT2D eigenvalue weighted by Crippen LogP contribution is -2.18. The van der Waals surface area contributed by atoms with Gasteiger partial charge in [-0.25, -0.2) is 0 Å². The number of ether oxygens (including phenoxy) is 3. The molecule has 0 unspecified atom stereocenters. The van der Waals surface area contributed by atoms with E-state index in [9.17, 15) is 4.79 Å². The minimum Gasteiger partial charge on any atom is -0.490 e. The van der Waals surface area contributed by atoms with Crippen LogP contribution in [-0.2, 0) is 0 Å². The predicted molar refractivity (Wildman–Crippen MR) is 101 cm³/mol. The van der Waals surface area contributed by atoms with E-state index in [0.717, 1.165) is 10.0 Å². The molecule has 1 aliphatic heterocycles. The number of hydrogen-bond donors (Lipinski definition) is 0. The molecule has 5 heteroatoms. The lowest BCUT2D eigenvalue weighted by atomic mass is 9.98. The molecule has 0 bridgehead atoms.